The molecule has 8 heteroatoms. The lowest BCUT2D eigenvalue weighted by Crippen LogP contribution is -2.36. The molecule has 0 aromatic heterocycles. The van der Waals surface area contributed by atoms with Crippen LogP contribution < -0.4 is 14.4 Å². The fraction of sp³-hybridized carbons (Fsp3) is 0.435. The Morgan fingerprint density at radius 3 is 2.68 bits per heavy atom. The highest BCUT2D eigenvalue weighted by atomic mass is 35.5. The standard InChI is InChI=1S/C23H29ClN2O4S/c1-15(2)25(9-11-27)10-12-30-21-8-6-18(29-4)14-19(21)23-26(16(3)28)20-7-5-17(24)13-22(20)31-23/h5-8,13-15,23,27H,9-12H2,1-4H3. The molecule has 1 amide bonds. The summed E-state index contributed by atoms with van der Waals surface area (Å²) in [5, 5.41) is 9.64. The number of aliphatic hydroxyl groups is 1. The minimum atomic E-state index is -0.283. The Kier molecular flexibility index (Phi) is 8.11. The molecule has 1 atom stereocenters. The lowest BCUT2D eigenvalue weighted by Gasteiger charge is -2.27. The van der Waals surface area contributed by atoms with Gasteiger partial charge in [0.15, 0.2) is 0 Å². The van der Waals surface area contributed by atoms with E-state index in [1.807, 2.05) is 30.3 Å². The van der Waals surface area contributed by atoms with Gasteiger partial charge in [-0.15, -0.1) is 0 Å². The first-order valence-corrected chi connectivity index (χ1v) is 11.5. The summed E-state index contributed by atoms with van der Waals surface area (Å²) in [5.41, 5.74) is 1.71. The Balaban J connectivity index is 1.88. The van der Waals surface area contributed by atoms with Crippen LogP contribution in [0.25, 0.3) is 0 Å². The van der Waals surface area contributed by atoms with E-state index in [0.29, 0.717) is 42.3 Å². The maximum absolute atomic E-state index is 12.6. The molecule has 0 radical (unpaired) electrons. The molecule has 1 aliphatic heterocycles. The molecule has 31 heavy (non-hydrogen) atoms. The second-order valence-electron chi connectivity index (χ2n) is 7.58. The van der Waals surface area contributed by atoms with Crippen LogP contribution in [0.1, 0.15) is 31.7 Å². The number of carbonyl (C=O) groups is 1. The summed E-state index contributed by atoms with van der Waals surface area (Å²) in [5.74, 6) is 1.35. The topological polar surface area (TPSA) is 62.2 Å². The summed E-state index contributed by atoms with van der Waals surface area (Å²) in [6.07, 6.45) is 0. The van der Waals surface area contributed by atoms with Gasteiger partial charge in [0.25, 0.3) is 0 Å². The van der Waals surface area contributed by atoms with Gasteiger partial charge >= 0.3 is 0 Å². The highest BCUT2D eigenvalue weighted by Crippen LogP contribution is 2.54. The van der Waals surface area contributed by atoms with Gasteiger partial charge in [0, 0.05) is 41.5 Å². The zero-order valence-corrected chi connectivity index (χ0v) is 19.9. The molecule has 1 heterocycles. The van der Waals surface area contributed by atoms with Crippen molar-refractivity contribution in [2.45, 2.75) is 37.1 Å². The fourth-order valence-corrected chi connectivity index (χ4v) is 5.26. The zero-order valence-electron chi connectivity index (χ0n) is 18.3. The normalized spacial score (nSPS) is 15.5. The molecule has 0 aliphatic carbocycles. The van der Waals surface area contributed by atoms with E-state index in [0.717, 1.165) is 16.1 Å². The van der Waals surface area contributed by atoms with E-state index >= 15 is 0 Å². The molecule has 1 unspecified atom stereocenters. The lowest BCUT2D eigenvalue weighted by molar-refractivity contribution is -0.116. The number of halogens is 1. The number of hydrogen-bond donors (Lipinski definition) is 1. The second kappa shape index (κ2) is 10.6. The lowest BCUT2D eigenvalue weighted by atomic mass is 10.1. The number of amides is 1. The summed E-state index contributed by atoms with van der Waals surface area (Å²) in [7, 11) is 1.62. The van der Waals surface area contributed by atoms with E-state index in [-0.39, 0.29) is 17.9 Å². The molecule has 6 nitrogen and oxygen atoms in total. The van der Waals surface area contributed by atoms with Gasteiger partial charge < -0.3 is 14.6 Å². The highest BCUT2D eigenvalue weighted by Gasteiger charge is 2.36. The van der Waals surface area contributed by atoms with Crippen LogP contribution in [0.2, 0.25) is 5.02 Å². The van der Waals surface area contributed by atoms with Crippen molar-refractivity contribution < 1.29 is 19.4 Å². The molecule has 1 aliphatic rings. The number of hydrogen-bond acceptors (Lipinski definition) is 6. The minimum absolute atomic E-state index is 0.0544. The van der Waals surface area contributed by atoms with Gasteiger partial charge in [-0.2, -0.15) is 0 Å². The largest absolute Gasteiger partial charge is 0.497 e. The predicted octanol–water partition coefficient (Wildman–Crippen LogP) is 4.59. The number of aliphatic hydroxyl groups excluding tert-OH is 1. The van der Waals surface area contributed by atoms with Crippen molar-refractivity contribution in [3.63, 3.8) is 0 Å². The Bertz CT molecular complexity index is 924. The molecule has 168 valence electrons. The molecule has 1 N–H and O–H groups in total. The summed E-state index contributed by atoms with van der Waals surface area (Å²) < 4.78 is 11.6. The third-order valence-corrected chi connectivity index (χ3v) is 6.73. The SMILES string of the molecule is COc1ccc(OCCN(CCO)C(C)C)c(C2Sc3cc(Cl)ccc3N2C(C)=O)c1. The molecular weight excluding hydrogens is 436 g/mol. The first-order valence-electron chi connectivity index (χ1n) is 10.3. The van der Waals surface area contributed by atoms with E-state index in [4.69, 9.17) is 21.1 Å². The number of thioether (sulfide) groups is 1. The molecule has 0 bridgehead atoms. The van der Waals surface area contributed by atoms with Crippen molar-refractivity contribution >= 4 is 35.0 Å². The van der Waals surface area contributed by atoms with E-state index in [1.54, 1.807) is 36.8 Å². The number of methoxy groups -OCH3 is 1. The van der Waals surface area contributed by atoms with Crippen LogP contribution >= 0.6 is 23.4 Å². The van der Waals surface area contributed by atoms with Crippen molar-refractivity contribution in [3.05, 3.63) is 47.0 Å². The van der Waals surface area contributed by atoms with Gasteiger partial charge in [-0.05, 0) is 50.2 Å². The number of benzene rings is 2. The van der Waals surface area contributed by atoms with Crippen molar-refractivity contribution in [1.29, 1.82) is 0 Å². The Morgan fingerprint density at radius 2 is 2.03 bits per heavy atom. The van der Waals surface area contributed by atoms with Gasteiger partial charge in [-0.25, -0.2) is 0 Å². The van der Waals surface area contributed by atoms with Crippen molar-refractivity contribution in [3.8, 4) is 11.5 Å². The van der Waals surface area contributed by atoms with Crippen LogP contribution in [-0.4, -0.2) is 55.4 Å². The number of carbonyl (C=O) groups excluding carboxylic acids is 1. The smallest absolute Gasteiger partial charge is 0.225 e. The van der Waals surface area contributed by atoms with E-state index in [9.17, 15) is 9.90 Å². The highest BCUT2D eigenvalue weighted by molar-refractivity contribution is 8.00. The Morgan fingerprint density at radius 1 is 1.26 bits per heavy atom. The molecular formula is C23H29ClN2O4S. The van der Waals surface area contributed by atoms with Crippen LogP contribution in [0.15, 0.2) is 41.3 Å². The first kappa shape index (κ1) is 23.7. The number of rotatable bonds is 9. The van der Waals surface area contributed by atoms with Gasteiger partial charge in [-0.3, -0.25) is 14.6 Å². The first-order chi connectivity index (χ1) is 14.8. The average Bonchev–Trinajstić information content (AvgIpc) is 3.11. The molecule has 3 rings (SSSR count). The number of nitrogens with zero attached hydrogens (tertiary/aromatic N) is 2. The van der Waals surface area contributed by atoms with E-state index in [2.05, 4.69) is 18.7 Å². The van der Waals surface area contributed by atoms with Gasteiger partial charge in [0.05, 0.1) is 19.4 Å². The number of ether oxygens (including phenoxy) is 2. The van der Waals surface area contributed by atoms with Gasteiger partial charge in [-0.1, -0.05) is 23.4 Å². The molecule has 0 saturated carbocycles. The Hall–Kier alpha value is -1.93. The monoisotopic (exact) mass is 464 g/mol. The molecule has 0 saturated heterocycles. The van der Waals surface area contributed by atoms with Crippen LogP contribution in [-0.2, 0) is 4.79 Å². The average molecular weight is 465 g/mol. The number of fused-ring (bicyclic) bond motifs is 1. The molecule has 2 aromatic carbocycles. The predicted molar refractivity (Wildman–Crippen MR) is 125 cm³/mol. The van der Waals surface area contributed by atoms with Crippen molar-refractivity contribution in [2.24, 2.45) is 0 Å². The summed E-state index contributed by atoms with van der Waals surface area (Å²) in [6.45, 7) is 7.62. The fourth-order valence-electron chi connectivity index (χ4n) is 3.63. The summed E-state index contributed by atoms with van der Waals surface area (Å²) >= 11 is 7.76. The minimum Gasteiger partial charge on any atom is -0.497 e. The maximum Gasteiger partial charge on any atom is 0.225 e. The number of anilines is 1. The van der Waals surface area contributed by atoms with Crippen molar-refractivity contribution in [2.75, 3.05) is 38.3 Å². The summed E-state index contributed by atoms with van der Waals surface area (Å²) in [6, 6.07) is 11.5. The van der Waals surface area contributed by atoms with Crippen LogP contribution in [0, 0.1) is 0 Å². The van der Waals surface area contributed by atoms with Crippen LogP contribution in [0.4, 0.5) is 5.69 Å². The van der Waals surface area contributed by atoms with Gasteiger partial charge in [0.1, 0.15) is 23.5 Å². The van der Waals surface area contributed by atoms with Gasteiger partial charge in [0.2, 0.25) is 5.91 Å². The Labute approximate surface area is 193 Å². The molecule has 0 fully saturated rings. The summed E-state index contributed by atoms with van der Waals surface area (Å²) in [4.78, 5) is 17.5. The molecule has 0 spiro atoms. The third kappa shape index (κ3) is 5.47. The van der Waals surface area contributed by atoms with Crippen LogP contribution in [0.5, 0.6) is 11.5 Å². The van der Waals surface area contributed by atoms with E-state index in [1.165, 1.54) is 0 Å². The second-order valence-corrected chi connectivity index (χ2v) is 9.14. The van der Waals surface area contributed by atoms with Crippen molar-refractivity contribution in [1.82, 2.24) is 4.90 Å². The van der Waals surface area contributed by atoms with Crippen LogP contribution in [0.3, 0.4) is 0 Å². The molecule has 2 aromatic rings. The third-order valence-electron chi connectivity index (χ3n) is 5.23. The quantitative estimate of drug-likeness (QED) is 0.585. The maximum atomic E-state index is 12.6. The zero-order chi connectivity index (χ0) is 22.5. The van der Waals surface area contributed by atoms with E-state index < -0.39 is 0 Å².